The van der Waals surface area contributed by atoms with Crippen LogP contribution in [0.4, 0.5) is 5.69 Å². The molecule has 0 aliphatic carbocycles. The molecule has 5 nitrogen and oxygen atoms in total. The molecule has 0 saturated carbocycles. The van der Waals surface area contributed by atoms with E-state index in [0.717, 1.165) is 11.3 Å². The van der Waals surface area contributed by atoms with Gasteiger partial charge in [-0.25, -0.2) is 0 Å². The fourth-order valence-electron chi connectivity index (χ4n) is 2.11. The van der Waals surface area contributed by atoms with Crippen LogP contribution in [-0.2, 0) is 6.54 Å². The Labute approximate surface area is 151 Å². The minimum atomic E-state index is 0.475. The van der Waals surface area contributed by atoms with E-state index in [1.54, 1.807) is 39.5 Å². The number of methoxy groups -OCH3 is 3. The van der Waals surface area contributed by atoms with Crippen LogP contribution in [0.1, 0.15) is 5.56 Å². The van der Waals surface area contributed by atoms with Gasteiger partial charge in [0.25, 0.3) is 0 Å². The highest BCUT2D eigenvalue weighted by Crippen LogP contribution is 2.34. The van der Waals surface area contributed by atoms with Gasteiger partial charge in [0, 0.05) is 28.9 Å². The number of nitrogens with one attached hydrogen (secondary N) is 2. The molecule has 0 spiro atoms. The molecule has 2 rings (SSSR count). The molecule has 0 saturated heterocycles. The second-order valence-electron chi connectivity index (χ2n) is 4.83. The van der Waals surface area contributed by atoms with Gasteiger partial charge in [-0.05, 0) is 42.5 Å². The lowest BCUT2D eigenvalue weighted by molar-refractivity contribution is 0.347. The molecular weight excluding hydrogens is 348 g/mol. The molecule has 2 aromatic rings. The van der Waals surface area contributed by atoms with Crippen molar-refractivity contribution in [1.29, 1.82) is 0 Å². The molecule has 128 valence electrons. The van der Waals surface area contributed by atoms with E-state index >= 15 is 0 Å². The molecule has 0 radical (unpaired) electrons. The zero-order valence-corrected chi connectivity index (χ0v) is 15.3. The summed E-state index contributed by atoms with van der Waals surface area (Å²) in [6.07, 6.45) is 0. The van der Waals surface area contributed by atoms with E-state index in [4.69, 9.17) is 38.0 Å². The minimum Gasteiger partial charge on any atom is -0.496 e. The van der Waals surface area contributed by atoms with Crippen molar-refractivity contribution < 1.29 is 14.2 Å². The largest absolute Gasteiger partial charge is 0.496 e. The number of hydrogen-bond acceptors (Lipinski definition) is 4. The minimum absolute atomic E-state index is 0.475. The molecule has 2 aromatic carbocycles. The Morgan fingerprint density at radius 2 is 1.54 bits per heavy atom. The van der Waals surface area contributed by atoms with Crippen LogP contribution in [-0.4, -0.2) is 26.4 Å². The van der Waals surface area contributed by atoms with E-state index in [-0.39, 0.29) is 0 Å². The lowest BCUT2D eigenvalue weighted by Crippen LogP contribution is -2.28. The Balaban J connectivity index is 2.04. The zero-order valence-electron chi connectivity index (χ0n) is 13.7. The summed E-state index contributed by atoms with van der Waals surface area (Å²) in [7, 11) is 4.78. The SMILES string of the molecule is COc1cc(OC)c(OC)cc1CNC(=S)Nc1ccc(Cl)cc1. The average molecular weight is 367 g/mol. The zero-order chi connectivity index (χ0) is 17.5. The normalized spacial score (nSPS) is 10.0. The monoisotopic (exact) mass is 366 g/mol. The molecule has 0 unspecified atom stereocenters. The summed E-state index contributed by atoms with van der Waals surface area (Å²) in [5, 5.41) is 7.40. The van der Waals surface area contributed by atoms with Crippen molar-refractivity contribution in [3.05, 3.63) is 47.0 Å². The van der Waals surface area contributed by atoms with Crippen LogP contribution in [0.2, 0.25) is 5.02 Å². The Bertz CT molecular complexity index is 708. The molecular formula is C17H19ClN2O3S. The summed E-state index contributed by atoms with van der Waals surface area (Å²) < 4.78 is 16.0. The molecule has 24 heavy (non-hydrogen) atoms. The van der Waals surface area contributed by atoms with Gasteiger partial charge in [0.05, 0.1) is 21.3 Å². The van der Waals surface area contributed by atoms with Gasteiger partial charge in [-0.1, -0.05) is 11.6 Å². The first-order valence-corrected chi connectivity index (χ1v) is 7.95. The van der Waals surface area contributed by atoms with E-state index in [2.05, 4.69) is 10.6 Å². The van der Waals surface area contributed by atoms with Crippen molar-refractivity contribution in [3.63, 3.8) is 0 Å². The molecule has 7 heteroatoms. The third-order valence-corrected chi connectivity index (χ3v) is 3.83. The highest BCUT2D eigenvalue weighted by Gasteiger charge is 2.12. The molecule has 0 atom stereocenters. The first-order valence-electron chi connectivity index (χ1n) is 7.16. The van der Waals surface area contributed by atoms with Gasteiger partial charge < -0.3 is 24.8 Å². The maximum Gasteiger partial charge on any atom is 0.171 e. The topological polar surface area (TPSA) is 51.8 Å². The van der Waals surface area contributed by atoms with E-state index in [1.807, 2.05) is 18.2 Å². The second-order valence-corrected chi connectivity index (χ2v) is 5.68. The Hall–Kier alpha value is -2.18. The third-order valence-electron chi connectivity index (χ3n) is 3.33. The van der Waals surface area contributed by atoms with Crippen molar-refractivity contribution in [3.8, 4) is 17.2 Å². The summed E-state index contributed by atoms with van der Waals surface area (Å²) in [6, 6.07) is 10.9. The van der Waals surface area contributed by atoms with E-state index in [9.17, 15) is 0 Å². The summed E-state index contributed by atoms with van der Waals surface area (Å²) in [6.45, 7) is 0.475. The summed E-state index contributed by atoms with van der Waals surface area (Å²) in [4.78, 5) is 0. The number of benzene rings is 2. The molecule has 0 heterocycles. The van der Waals surface area contributed by atoms with Gasteiger partial charge in [-0.3, -0.25) is 0 Å². The van der Waals surface area contributed by atoms with Crippen LogP contribution >= 0.6 is 23.8 Å². The summed E-state index contributed by atoms with van der Waals surface area (Å²) in [5.41, 5.74) is 1.76. The molecule has 2 N–H and O–H groups in total. The Kier molecular flexibility index (Phi) is 6.52. The van der Waals surface area contributed by atoms with Gasteiger partial charge in [0.1, 0.15) is 5.75 Å². The third kappa shape index (κ3) is 4.66. The fraction of sp³-hybridized carbons (Fsp3) is 0.235. The van der Waals surface area contributed by atoms with Crippen molar-refractivity contribution in [2.24, 2.45) is 0 Å². The predicted molar refractivity (Wildman–Crippen MR) is 101 cm³/mol. The molecule has 0 aliphatic rings. The van der Waals surface area contributed by atoms with Gasteiger partial charge in [-0.2, -0.15) is 0 Å². The maximum absolute atomic E-state index is 5.86. The second kappa shape index (κ2) is 8.61. The molecule has 0 fully saturated rings. The Morgan fingerprint density at radius 1 is 0.958 bits per heavy atom. The van der Waals surface area contributed by atoms with Crippen molar-refractivity contribution in [1.82, 2.24) is 5.32 Å². The van der Waals surface area contributed by atoms with Gasteiger partial charge in [0.2, 0.25) is 0 Å². The summed E-state index contributed by atoms with van der Waals surface area (Å²) in [5.74, 6) is 1.93. The Morgan fingerprint density at radius 3 is 2.12 bits per heavy atom. The quantitative estimate of drug-likeness (QED) is 0.757. The first-order chi connectivity index (χ1) is 11.6. The molecule has 0 aromatic heterocycles. The fourth-order valence-corrected chi connectivity index (χ4v) is 2.43. The van der Waals surface area contributed by atoms with Gasteiger partial charge in [0.15, 0.2) is 16.6 Å². The van der Waals surface area contributed by atoms with Crippen molar-refractivity contribution in [2.75, 3.05) is 26.6 Å². The van der Waals surface area contributed by atoms with Crippen LogP contribution in [0.15, 0.2) is 36.4 Å². The molecule has 0 bridgehead atoms. The first kappa shape index (κ1) is 18.2. The number of thiocarbonyl (C=S) groups is 1. The van der Waals surface area contributed by atoms with Crippen LogP contribution < -0.4 is 24.8 Å². The van der Waals surface area contributed by atoms with Crippen LogP contribution in [0, 0.1) is 0 Å². The lowest BCUT2D eigenvalue weighted by Gasteiger charge is -2.16. The van der Waals surface area contributed by atoms with Crippen LogP contribution in [0.25, 0.3) is 0 Å². The average Bonchev–Trinajstić information content (AvgIpc) is 2.61. The smallest absolute Gasteiger partial charge is 0.171 e. The maximum atomic E-state index is 5.86. The van der Waals surface area contributed by atoms with E-state index in [1.165, 1.54) is 0 Å². The number of anilines is 1. The number of halogens is 1. The number of hydrogen-bond donors (Lipinski definition) is 2. The predicted octanol–water partition coefficient (Wildman–Crippen LogP) is 3.85. The van der Waals surface area contributed by atoms with E-state index in [0.29, 0.717) is 33.9 Å². The van der Waals surface area contributed by atoms with Gasteiger partial charge in [-0.15, -0.1) is 0 Å². The highest BCUT2D eigenvalue weighted by molar-refractivity contribution is 7.80. The highest BCUT2D eigenvalue weighted by atomic mass is 35.5. The summed E-state index contributed by atoms with van der Waals surface area (Å²) >= 11 is 11.2. The lowest BCUT2D eigenvalue weighted by atomic mass is 10.1. The van der Waals surface area contributed by atoms with E-state index < -0.39 is 0 Å². The standard InChI is InChI=1S/C17H19ClN2O3S/c1-21-14-9-16(23-3)15(22-2)8-11(14)10-19-17(24)20-13-6-4-12(18)5-7-13/h4-9H,10H2,1-3H3,(H2,19,20,24). The molecule has 0 amide bonds. The van der Waals surface area contributed by atoms with Crippen LogP contribution in [0.5, 0.6) is 17.2 Å². The number of ether oxygens (including phenoxy) is 3. The number of rotatable bonds is 6. The van der Waals surface area contributed by atoms with Crippen molar-refractivity contribution in [2.45, 2.75) is 6.54 Å². The van der Waals surface area contributed by atoms with Crippen LogP contribution in [0.3, 0.4) is 0 Å². The molecule has 0 aliphatic heterocycles. The van der Waals surface area contributed by atoms with Crippen molar-refractivity contribution >= 4 is 34.6 Å². The van der Waals surface area contributed by atoms with Gasteiger partial charge >= 0.3 is 0 Å².